The lowest BCUT2D eigenvalue weighted by Gasteiger charge is -2.21. The molecule has 4 aromatic rings. The van der Waals surface area contributed by atoms with E-state index in [-0.39, 0.29) is 23.8 Å². The molecule has 1 fully saturated rings. The van der Waals surface area contributed by atoms with Gasteiger partial charge in [0.15, 0.2) is 0 Å². The first-order valence-electron chi connectivity index (χ1n) is 13.9. The van der Waals surface area contributed by atoms with Crippen molar-refractivity contribution in [1.29, 1.82) is 0 Å². The Hall–Kier alpha value is -4.22. The van der Waals surface area contributed by atoms with E-state index in [2.05, 4.69) is 20.6 Å². The highest BCUT2D eigenvalue weighted by atomic mass is 19.1. The molecule has 0 aliphatic carbocycles. The van der Waals surface area contributed by atoms with Crippen molar-refractivity contribution >= 4 is 11.8 Å². The molecule has 0 bridgehead atoms. The number of hydrogen-bond acceptors (Lipinski definition) is 6. The third kappa shape index (κ3) is 5.55. The molecule has 0 unspecified atom stereocenters. The molecule has 2 amide bonds. The SMILES string of the molecule is COCCN1C[C@@H](NC(=O)Nc2c(C)c(-c3cnn4c3OCCC4)nn2-c2ccccc2)[C@H](c2cccc(F)c2)C1. The number of nitrogens with one attached hydrogen (secondary N) is 2. The molecule has 11 heteroatoms. The van der Waals surface area contributed by atoms with Gasteiger partial charge in [-0.05, 0) is 36.8 Å². The van der Waals surface area contributed by atoms with Crippen LogP contribution in [0.4, 0.5) is 15.0 Å². The predicted octanol–water partition coefficient (Wildman–Crippen LogP) is 4.20. The van der Waals surface area contributed by atoms with E-state index in [0.29, 0.717) is 43.7 Å². The van der Waals surface area contributed by atoms with E-state index in [9.17, 15) is 9.18 Å². The fourth-order valence-electron chi connectivity index (χ4n) is 5.71. The third-order valence-corrected chi connectivity index (χ3v) is 7.75. The number of anilines is 1. The number of amides is 2. The van der Waals surface area contributed by atoms with Crippen LogP contribution < -0.4 is 15.4 Å². The average Bonchev–Trinajstić information content (AvgIpc) is 3.68. The Labute approximate surface area is 238 Å². The van der Waals surface area contributed by atoms with Gasteiger partial charge in [0, 0.05) is 51.2 Å². The lowest BCUT2D eigenvalue weighted by molar-refractivity contribution is 0.159. The molecular weight excluding hydrogens is 525 g/mol. The van der Waals surface area contributed by atoms with Crippen molar-refractivity contribution in [3.8, 4) is 22.8 Å². The summed E-state index contributed by atoms with van der Waals surface area (Å²) in [6.45, 7) is 5.97. The van der Waals surface area contributed by atoms with E-state index in [1.807, 2.05) is 48.0 Å². The summed E-state index contributed by atoms with van der Waals surface area (Å²) >= 11 is 0. The van der Waals surface area contributed by atoms with Gasteiger partial charge >= 0.3 is 6.03 Å². The van der Waals surface area contributed by atoms with Gasteiger partial charge in [-0.1, -0.05) is 30.3 Å². The number of fused-ring (bicyclic) bond motifs is 1. The summed E-state index contributed by atoms with van der Waals surface area (Å²) in [7, 11) is 1.67. The zero-order valence-electron chi connectivity index (χ0n) is 23.2. The molecule has 41 heavy (non-hydrogen) atoms. The number of methoxy groups -OCH3 is 1. The smallest absolute Gasteiger partial charge is 0.320 e. The number of carbonyl (C=O) groups excluding carboxylic acids is 1. The molecule has 6 rings (SSSR count). The van der Waals surface area contributed by atoms with Crippen molar-refractivity contribution in [1.82, 2.24) is 29.8 Å². The average molecular weight is 560 g/mol. The lowest BCUT2D eigenvalue weighted by atomic mass is 9.94. The predicted molar refractivity (Wildman–Crippen MR) is 153 cm³/mol. The second-order valence-electron chi connectivity index (χ2n) is 10.5. The number of para-hydroxylation sites is 1. The van der Waals surface area contributed by atoms with Crippen LogP contribution in [-0.2, 0) is 11.3 Å². The minimum absolute atomic E-state index is 0.0694. The third-order valence-electron chi connectivity index (χ3n) is 7.75. The first-order valence-corrected chi connectivity index (χ1v) is 13.9. The summed E-state index contributed by atoms with van der Waals surface area (Å²) < 4.78 is 28.9. The standard InChI is InChI=1S/C30H34FN7O3/c1-20-27(24-17-32-37-12-7-14-41-29(24)37)35-38(23-10-4-3-5-11-23)28(20)34-30(39)33-26-19-36(13-15-40-2)18-25(26)21-8-6-9-22(31)16-21/h3-6,8-11,16-17,25-26H,7,12-15,18-19H2,1-2H3,(H2,33,34,39)/t25-,26+/m0/s1. The normalized spacial score (nSPS) is 18.6. The Morgan fingerprint density at radius 1 is 1.17 bits per heavy atom. The van der Waals surface area contributed by atoms with Gasteiger partial charge in [0.05, 0.1) is 36.7 Å². The van der Waals surface area contributed by atoms with Crippen LogP contribution in [0.2, 0.25) is 0 Å². The van der Waals surface area contributed by atoms with Gasteiger partial charge in [0.1, 0.15) is 17.3 Å². The summed E-state index contributed by atoms with van der Waals surface area (Å²) in [5.41, 5.74) is 3.94. The molecule has 2 N–H and O–H groups in total. The van der Waals surface area contributed by atoms with Crippen molar-refractivity contribution in [2.24, 2.45) is 0 Å². The summed E-state index contributed by atoms with van der Waals surface area (Å²) in [5.74, 6) is 0.881. The van der Waals surface area contributed by atoms with E-state index in [1.165, 1.54) is 6.07 Å². The minimum atomic E-state index is -0.356. The van der Waals surface area contributed by atoms with Crippen LogP contribution in [0.1, 0.15) is 23.5 Å². The number of aromatic nitrogens is 4. The lowest BCUT2D eigenvalue weighted by Crippen LogP contribution is -2.42. The molecule has 2 aromatic heterocycles. The van der Waals surface area contributed by atoms with Crippen LogP contribution in [0.5, 0.6) is 5.88 Å². The number of nitrogens with zero attached hydrogens (tertiary/aromatic N) is 5. The number of carbonyl (C=O) groups is 1. The largest absolute Gasteiger partial charge is 0.477 e. The van der Waals surface area contributed by atoms with Crippen molar-refractivity contribution < 1.29 is 18.7 Å². The number of benzene rings is 2. The van der Waals surface area contributed by atoms with Crippen LogP contribution in [0, 0.1) is 12.7 Å². The first-order chi connectivity index (χ1) is 20.0. The fraction of sp³-hybridized carbons (Fsp3) is 0.367. The van der Waals surface area contributed by atoms with Crippen molar-refractivity contribution in [2.45, 2.75) is 31.8 Å². The van der Waals surface area contributed by atoms with Gasteiger partial charge in [-0.3, -0.25) is 10.2 Å². The van der Waals surface area contributed by atoms with Gasteiger partial charge in [0.2, 0.25) is 5.88 Å². The molecule has 1 saturated heterocycles. The zero-order valence-corrected chi connectivity index (χ0v) is 23.2. The Morgan fingerprint density at radius 3 is 2.83 bits per heavy atom. The van der Waals surface area contributed by atoms with Crippen LogP contribution >= 0.6 is 0 Å². The highest BCUT2D eigenvalue weighted by Gasteiger charge is 2.35. The molecule has 2 aromatic carbocycles. The fourth-order valence-corrected chi connectivity index (χ4v) is 5.71. The number of ether oxygens (including phenoxy) is 2. The molecule has 2 aliphatic rings. The molecule has 4 heterocycles. The zero-order chi connectivity index (χ0) is 28.3. The molecule has 10 nitrogen and oxygen atoms in total. The van der Waals surface area contributed by atoms with Gasteiger partial charge in [-0.15, -0.1) is 0 Å². The topological polar surface area (TPSA) is 98.5 Å². The number of halogens is 1. The second kappa shape index (κ2) is 11.7. The first kappa shape index (κ1) is 27.0. The van der Waals surface area contributed by atoms with Crippen molar-refractivity contribution in [3.05, 3.63) is 77.7 Å². The monoisotopic (exact) mass is 559 g/mol. The summed E-state index contributed by atoms with van der Waals surface area (Å²) in [6, 6.07) is 15.7. The Morgan fingerprint density at radius 2 is 2.02 bits per heavy atom. The number of rotatable bonds is 8. The number of likely N-dealkylation sites (tertiary alicyclic amines) is 1. The van der Waals surface area contributed by atoms with E-state index in [0.717, 1.165) is 41.9 Å². The second-order valence-corrected chi connectivity index (χ2v) is 10.5. The van der Waals surface area contributed by atoms with Gasteiger partial charge in [-0.25, -0.2) is 18.5 Å². The number of hydrogen-bond donors (Lipinski definition) is 2. The summed E-state index contributed by atoms with van der Waals surface area (Å²) in [5, 5.41) is 15.6. The molecular formula is C30H34FN7O3. The summed E-state index contributed by atoms with van der Waals surface area (Å²) in [4.78, 5) is 15.8. The van der Waals surface area contributed by atoms with Crippen LogP contribution in [0.25, 0.3) is 16.9 Å². The van der Waals surface area contributed by atoms with E-state index >= 15 is 0 Å². The maximum Gasteiger partial charge on any atom is 0.320 e. The van der Waals surface area contributed by atoms with Crippen LogP contribution in [0.3, 0.4) is 0 Å². The minimum Gasteiger partial charge on any atom is -0.477 e. The van der Waals surface area contributed by atoms with Crippen molar-refractivity contribution in [2.75, 3.05) is 45.3 Å². The Balaban J connectivity index is 1.29. The van der Waals surface area contributed by atoms with E-state index in [1.54, 1.807) is 30.1 Å². The molecule has 0 spiro atoms. The summed E-state index contributed by atoms with van der Waals surface area (Å²) in [6.07, 6.45) is 2.67. The van der Waals surface area contributed by atoms with Crippen LogP contribution in [-0.4, -0.2) is 76.5 Å². The van der Waals surface area contributed by atoms with Gasteiger partial charge in [-0.2, -0.15) is 10.2 Å². The van der Waals surface area contributed by atoms with Gasteiger partial charge < -0.3 is 14.8 Å². The maximum atomic E-state index is 14.1. The highest BCUT2D eigenvalue weighted by Crippen LogP contribution is 2.37. The number of urea groups is 1. The Bertz CT molecular complexity index is 1520. The highest BCUT2D eigenvalue weighted by molar-refractivity contribution is 5.91. The molecule has 2 atom stereocenters. The number of aryl methyl sites for hydroxylation is 1. The maximum absolute atomic E-state index is 14.1. The quantitative estimate of drug-likeness (QED) is 0.336. The molecule has 0 saturated carbocycles. The Kier molecular flexibility index (Phi) is 7.71. The molecule has 0 radical (unpaired) electrons. The molecule has 2 aliphatic heterocycles. The van der Waals surface area contributed by atoms with Gasteiger partial charge in [0.25, 0.3) is 0 Å². The van der Waals surface area contributed by atoms with E-state index < -0.39 is 0 Å². The van der Waals surface area contributed by atoms with Crippen molar-refractivity contribution in [3.63, 3.8) is 0 Å². The van der Waals surface area contributed by atoms with E-state index in [4.69, 9.17) is 14.6 Å². The van der Waals surface area contributed by atoms with Crippen LogP contribution in [0.15, 0.2) is 60.8 Å². The molecule has 214 valence electrons.